The molecule has 1 rings (SSSR count). The Kier molecular flexibility index (Phi) is 10.7. The number of unbranched alkanes of at least 4 members (excludes halogenated alkanes) is 2. The Morgan fingerprint density at radius 2 is 1.61 bits per heavy atom. The first-order valence-electron chi connectivity index (χ1n) is 10.6. The zero-order chi connectivity index (χ0) is 21.0. The smallest absolute Gasteiger partial charge is 0.334 e. The second kappa shape index (κ2) is 12.4. The van der Waals surface area contributed by atoms with Crippen molar-refractivity contribution in [3.8, 4) is 0 Å². The molecule has 0 saturated carbocycles. The zero-order valence-electron chi connectivity index (χ0n) is 18.8. The molecule has 0 heterocycles. The SMILES string of the molecule is CCCCN(/C=C/C=C(\Cc1ccc(C(C)(C)C)cc1)C(=O)OC)CCCC. The predicted octanol–water partition coefficient (Wildman–Crippen LogP) is 6.04. The largest absolute Gasteiger partial charge is 0.466 e. The normalized spacial score (nSPS) is 12.4. The average molecular weight is 386 g/mol. The van der Waals surface area contributed by atoms with E-state index in [0.717, 1.165) is 18.7 Å². The number of ether oxygens (including phenoxy) is 1. The first kappa shape index (κ1) is 24.0. The first-order valence-corrected chi connectivity index (χ1v) is 10.6. The van der Waals surface area contributed by atoms with E-state index in [-0.39, 0.29) is 11.4 Å². The van der Waals surface area contributed by atoms with Crippen molar-refractivity contribution >= 4 is 5.97 Å². The van der Waals surface area contributed by atoms with Crippen LogP contribution in [0.3, 0.4) is 0 Å². The van der Waals surface area contributed by atoms with Crippen LogP contribution in [0.15, 0.2) is 48.2 Å². The van der Waals surface area contributed by atoms with Crippen LogP contribution in [0.25, 0.3) is 0 Å². The van der Waals surface area contributed by atoms with Gasteiger partial charge in [0.2, 0.25) is 0 Å². The van der Waals surface area contributed by atoms with Crippen LogP contribution in [-0.2, 0) is 21.4 Å². The molecular weight excluding hydrogens is 346 g/mol. The van der Waals surface area contributed by atoms with Gasteiger partial charge >= 0.3 is 5.97 Å². The van der Waals surface area contributed by atoms with Gasteiger partial charge in [-0.3, -0.25) is 0 Å². The number of nitrogens with zero attached hydrogens (tertiary/aromatic N) is 1. The standard InChI is InChI=1S/C25H39NO2/c1-7-9-17-26(18-10-8-2)19-11-12-22(24(27)28-6)20-21-13-15-23(16-14-21)25(3,4)5/h11-16,19H,7-10,17-18,20H2,1-6H3/b19-11+,22-12+. The molecule has 0 saturated heterocycles. The number of methoxy groups -OCH3 is 1. The summed E-state index contributed by atoms with van der Waals surface area (Å²) in [6, 6.07) is 8.51. The molecule has 0 aliphatic heterocycles. The number of esters is 1. The molecule has 0 aromatic heterocycles. The van der Waals surface area contributed by atoms with Crippen LogP contribution in [0.1, 0.15) is 71.4 Å². The minimum atomic E-state index is -0.266. The Morgan fingerprint density at radius 3 is 2.07 bits per heavy atom. The van der Waals surface area contributed by atoms with E-state index >= 15 is 0 Å². The van der Waals surface area contributed by atoms with Crippen molar-refractivity contribution in [2.75, 3.05) is 20.2 Å². The molecule has 156 valence electrons. The number of benzene rings is 1. The van der Waals surface area contributed by atoms with Crippen LogP contribution < -0.4 is 0 Å². The Bertz CT molecular complexity index is 628. The summed E-state index contributed by atoms with van der Waals surface area (Å²) in [7, 11) is 1.44. The van der Waals surface area contributed by atoms with Gasteiger partial charge in [-0.25, -0.2) is 4.79 Å². The van der Waals surface area contributed by atoms with E-state index in [0.29, 0.717) is 12.0 Å². The summed E-state index contributed by atoms with van der Waals surface area (Å²) in [6.45, 7) is 13.1. The van der Waals surface area contributed by atoms with Crippen molar-refractivity contribution in [1.82, 2.24) is 4.90 Å². The second-order valence-corrected chi connectivity index (χ2v) is 8.39. The van der Waals surface area contributed by atoms with E-state index < -0.39 is 0 Å². The number of allylic oxidation sites excluding steroid dienone is 2. The summed E-state index contributed by atoms with van der Waals surface area (Å²) in [6.07, 6.45) is 11.3. The fourth-order valence-corrected chi connectivity index (χ4v) is 2.94. The van der Waals surface area contributed by atoms with Crippen molar-refractivity contribution in [3.63, 3.8) is 0 Å². The number of rotatable bonds is 11. The van der Waals surface area contributed by atoms with Crippen molar-refractivity contribution in [3.05, 3.63) is 59.3 Å². The molecule has 0 atom stereocenters. The molecule has 1 aromatic carbocycles. The van der Waals surface area contributed by atoms with Gasteiger partial charge in [-0.05, 0) is 41.7 Å². The van der Waals surface area contributed by atoms with E-state index in [1.54, 1.807) is 0 Å². The number of carbonyl (C=O) groups is 1. The van der Waals surface area contributed by atoms with Crippen LogP contribution >= 0.6 is 0 Å². The quantitative estimate of drug-likeness (QED) is 0.264. The maximum atomic E-state index is 12.2. The number of hydrogen-bond acceptors (Lipinski definition) is 3. The summed E-state index contributed by atoms with van der Waals surface area (Å²) in [4.78, 5) is 14.6. The van der Waals surface area contributed by atoms with Crippen molar-refractivity contribution in [1.29, 1.82) is 0 Å². The van der Waals surface area contributed by atoms with Gasteiger partial charge < -0.3 is 9.64 Å². The molecular formula is C25H39NO2. The Morgan fingerprint density at radius 1 is 1.04 bits per heavy atom. The Hall–Kier alpha value is -2.03. The van der Waals surface area contributed by atoms with Crippen molar-refractivity contribution in [2.24, 2.45) is 0 Å². The predicted molar refractivity (Wildman–Crippen MR) is 119 cm³/mol. The van der Waals surface area contributed by atoms with Gasteiger partial charge in [-0.2, -0.15) is 0 Å². The summed E-state index contributed by atoms with van der Waals surface area (Å²) in [5.41, 5.74) is 3.21. The minimum Gasteiger partial charge on any atom is -0.466 e. The molecule has 3 nitrogen and oxygen atoms in total. The molecule has 0 bridgehead atoms. The molecule has 0 aliphatic carbocycles. The molecule has 0 spiro atoms. The zero-order valence-corrected chi connectivity index (χ0v) is 18.8. The van der Waals surface area contributed by atoms with Gasteiger partial charge in [0.25, 0.3) is 0 Å². The summed E-state index contributed by atoms with van der Waals surface area (Å²) < 4.78 is 5.00. The fourth-order valence-electron chi connectivity index (χ4n) is 2.94. The highest BCUT2D eigenvalue weighted by atomic mass is 16.5. The third kappa shape index (κ3) is 8.77. The highest BCUT2D eigenvalue weighted by Gasteiger charge is 2.14. The van der Waals surface area contributed by atoms with E-state index in [2.05, 4.69) is 70.0 Å². The average Bonchev–Trinajstić information content (AvgIpc) is 2.67. The van der Waals surface area contributed by atoms with E-state index in [1.165, 1.54) is 38.4 Å². The second-order valence-electron chi connectivity index (χ2n) is 8.39. The topological polar surface area (TPSA) is 29.5 Å². The number of hydrogen-bond donors (Lipinski definition) is 0. The first-order chi connectivity index (χ1) is 13.3. The van der Waals surface area contributed by atoms with E-state index in [1.807, 2.05) is 12.2 Å². The molecule has 0 amide bonds. The lowest BCUT2D eigenvalue weighted by atomic mass is 9.86. The summed E-state index contributed by atoms with van der Waals surface area (Å²) in [5.74, 6) is -0.266. The fraction of sp³-hybridized carbons (Fsp3) is 0.560. The van der Waals surface area contributed by atoms with E-state index in [4.69, 9.17) is 4.74 Å². The molecule has 0 radical (unpaired) electrons. The molecule has 0 N–H and O–H groups in total. The van der Waals surface area contributed by atoms with Crippen LogP contribution in [0, 0.1) is 0 Å². The summed E-state index contributed by atoms with van der Waals surface area (Å²) in [5, 5.41) is 0. The highest BCUT2D eigenvalue weighted by molar-refractivity contribution is 5.89. The van der Waals surface area contributed by atoms with Gasteiger partial charge in [-0.15, -0.1) is 0 Å². The molecule has 3 heteroatoms. The maximum Gasteiger partial charge on any atom is 0.334 e. The molecule has 0 aliphatic rings. The van der Waals surface area contributed by atoms with Crippen LogP contribution in [0.2, 0.25) is 0 Å². The van der Waals surface area contributed by atoms with Crippen LogP contribution in [-0.4, -0.2) is 31.1 Å². The number of carbonyl (C=O) groups excluding carboxylic acids is 1. The Labute approximate surface area is 172 Å². The molecule has 0 unspecified atom stereocenters. The lowest BCUT2D eigenvalue weighted by Crippen LogP contribution is -2.19. The van der Waals surface area contributed by atoms with E-state index in [9.17, 15) is 4.79 Å². The van der Waals surface area contributed by atoms with Crippen LogP contribution in [0.4, 0.5) is 0 Å². The summed E-state index contributed by atoms with van der Waals surface area (Å²) >= 11 is 0. The molecule has 0 fully saturated rings. The maximum absolute atomic E-state index is 12.2. The molecule has 28 heavy (non-hydrogen) atoms. The van der Waals surface area contributed by atoms with Crippen LogP contribution in [0.5, 0.6) is 0 Å². The Balaban J connectivity index is 2.89. The van der Waals surface area contributed by atoms with Gasteiger partial charge in [0.05, 0.1) is 7.11 Å². The van der Waals surface area contributed by atoms with Gasteiger partial charge in [0.15, 0.2) is 0 Å². The monoisotopic (exact) mass is 385 g/mol. The molecule has 1 aromatic rings. The van der Waals surface area contributed by atoms with Crippen molar-refractivity contribution in [2.45, 2.75) is 72.1 Å². The lowest BCUT2D eigenvalue weighted by Gasteiger charge is -2.19. The van der Waals surface area contributed by atoms with Gasteiger partial charge in [0.1, 0.15) is 0 Å². The lowest BCUT2D eigenvalue weighted by molar-refractivity contribution is -0.136. The van der Waals surface area contributed by atoms with Crippen molar-refractivity contribution < 1.29 is 9.53 Å². The van der Waals surface area contributed by atoms with Gasteiger partial charge in [0, 0.05) is 25.1 Å². The van der Waals surface area contributed by atoms with Gasteiger partial charge in [-0.1, -0.05) is 77.8 Å². The third-order valence-electron chi connectivity index (χ3n) is 4.85. The highest BCUT2D eigenvalue weighted by Crippen LogP contribution is 2.23. The third-order valence-corrected chi connectivity index (χ3v) is 4.85. The minimum absolute atomic E-state index is 0.128.